The fourth-order valence-corrected chi connectivity index (χ4v) is 2.24. The highest BCUT2D eigenvalue weighted by Crippen LogP contribution is 2.16. The van der Waals surface area contributed by atoms with Crippen LogP contribution in [-0.4, -0.2) is 63.2 Å². The van der Waals surface area contributed by atoms with Crippen molar-refractivity contribution in [2.75, 3.05) is 47.3 Å². The van der Waals surface area contributed by atoms with Crippen LogP contribution < -0.4 is 5.32 Å². The van der Waals surface area contributed by atoms with E-state index < -0.39 is 0 Å². The molecule has 1 aliphatic rings. The van der Waals surface area contributed by atoms with Crippen molar-refractivity contribution in [3.05, 3.63) is 0 Å². The molecule has 1 heterocycles. The van der Waals surface area contributed by atoms with Gasteiger partial charge in [-0.2, -0.15) is 0 Å². The van der Waals surface area contributed by atoms with Gasteiger partial charge in [0, 0.05) is 25.7 Å². The molecule has 14 heavy (non-hydrogen) atoms. The van der Waals surface area contributed by atoms with Gasteiger partial charge in [-0.3, -0.25) is 4.90 Å². The molecule has 0 aromatic heterocycles. The molecule has 0 spiro atoms. The lowest BCUT2D eigenvalue weighted by atomic mass is 10.0. The molecule has 1 fully saturated rings. The Morgan fingerprint density at radius 1 is 1.36 bits per heavy atom. The monoisotopic (exact) mass is 199 g/mol. The third kappa shape index (κ3) is 3.95. The Hall–Kier alpha value is -0.120. The Morgan fingerprint density at radius 3 is 2.79 bits per heavy atom. The standard InChI is InChI=1S/C11H25N3/c1-12-7-9-14-8-5-4-6-11(14)10-13(2)3/h11-12H,4-10H2,1-3H3. The minimum absolute atomic E-state index is 0.784. The maximum absolute atomic E-state index is 3.23. The highest BCUT2D eigenvalue weighted by molar-refractivity contribution is 4.78. The van der Waals surface area contributed by atoms with Gasteiger partial charge in [0.2, 0.25) is 0 Å². The zero-order valence-corrected chi connectivity index (χ0v) is 9.92. The molecule has 0 aliphatic carbocycles. The van der Waals surface area contributed by atoms with Crippen molar-refractivity contribution in [2.45, 2.75) is 25.3 Å². The number of nitrogens with one attached hydrogen (secondary N) is 1. The quantitative estimate of drug-likeness (QED) is 0.700. The first-order valence-corrected chi connectivity index (χ1v) is 5.77. The molecule has 1 atom stereocenters. The molecule has 0 radical (unpaired) electrons. The second-order valence-electron chi connectivity index (χ2n) is 4.55. The average molecular weight is 199 g/mol. The summed E-state index contributed by atoms with van der Waals surface area (Å²) >= 11 is 0. The van der Waals surface area contributed by atoms with Gasteiger partial charge in [0.25, 0.3) is 0 Å². The van der Waals surface area contributed by atoms with E-state index in [-0.39, 0.29) is 0 Å². The lowest BCUT2D eigenvalue weighted by Crippen LogP contribution is -2.47. The SMILES string of the molecule is CNCCN1CCCCC1CN(C)C. The van der Waals surface area contributed by atoms with Gasteiger partial charge in [0.1, 0.15) is 0 Å². The Bertz CT molecular complexity index is 147. The third-order valence-electron chi connectivity index (χ3n) is 2.97. The summed E-state index contributed by atoms with van der Waals surface area (Å²) in [4.78, 5) is 4.95. The average Bonchev–Trinajstić information content (AvgIpc) is 2.16. The highest BCUT2D eigenvalue weighted by Gasteiger charge is 2.21. The van der Waals surface area contributed by atoms with E-state index in [9.17, 15) is 0 Å². The minimum Gasteiger partial charge on any atom is -0.318 e. The van der Waals surface area contributed by atoms with Crippen LogP contribution in [0.3, 0.4) is 0 Å². The number of likely N-dealkylation sites (tertiary alicyclic amines) is 1. The third-order valence-corrected chi connectivity index (χ3v) is 2.97. The summed E-state index contributed by atoms with van der Waals surface area (Å²) in [5.74, 6) is 0. The topological polar surface area (TPSA) is 18.5 Å². The predicted octanol–water partition coefficient (Wildman–Crippen LogP) is 0.622. The second-order valence-corrected chi connectivity index (χ2v) is 4.55. The fraction of sp³-hybridized carbons (Fsp3) is 1.00. The number of likely N-dealkylation sites (N-methyl/N-ethyl adjacent to an activating group) is 2. The summed E-state index contributed by atoms with van der Waals surface area (Å²) in [5, 5.41) is 3.23. The van der Waals surface area contributed by atoms with Crippen molar-refractivity contribution < 1.29 is 0 Å². The van der Waals surface area contributed by atoms with E-state index in [1.807, 2.05) is 7.05 Å². The molecule has 3 heteroatoms. The number of piperidine rings is 1. The lowest BCUT2D eigenvalue weighted by molar-refractivity contribution is 0.123. The first-order chi connectivity index (χ1) is 6.74. The Labute approximate surface area is 88.5 Å². The number of rotatable bonds is 5. The zero-order valence-electron chi connectivity index (χ0n) is 9.92. The molecule has 0 amide bonds. The maximum atomic E-state index is 3.23. The zero-order chi connectivity index (χ0) is 10.4. The Morgan fingerprint density at radius 2 is 2.14 bits per heavy atom. The van der Waals surface area contributed by atoms with Crippen LogP contribution in [0, 0.1) is 0 Å². The van der Waals surface area contributed by atoms with E-state index in [2.05, 4.69) is 29.2 Å². The maximum Gasteiger partial charge on any atom is 0.0223 e. The van der Waals surface area contributed by atoms with Crippen LogP contribution in [0.25, 0.3) is 0 Å². The summed E-state index contributed by atoms with van der Waals surface area (Å²) in [6.45, 7) is 4.82. The Balaban J connectivity index is 2.33. The normalized spacial score (nSPS) is 24.4. The minimum atomic E-state index is 0.784. The van der Waals surface area contributed by atoms with Crippen LogP contribution in [0.4, 0.5) is 0 Å². The fourth-order valence-electron chi connectivity index (χ4n) is 2.24. The summed E-state index contributed by atoms with van der Waals surface area (Å²) in [6, 6.07) is 0.784. The van der Waals surface area contributed by atoms with E-state index in [4.69, 9.17) is 0 Å². The highest BCUT2D eigenvalue weighted by atomic mass is 15.2. The molecular weight excluding hydrogens is 174 g/mol. The number of hydrogen-bond donors (Lipinski definition) is 1. The van der Waals surface area contributed by atoms with Crippen molar-refractivity contribution >= 4 is 0 Å². The summed E-state index contributed by atoms with van der Waals surface area (Å²) in [7, 11) is 6.38. The van der Waals surface area contributed by atoms with Crippen LogP contribution >= 0.6 is 0 Å². The van der Waals surface area contributed by atoms with Crippen LogP contribution in [0.15, 0.2) is 0 Å². The molecule has 1 saturated heterocycles. The van der Waals surface area contributed by atoms with Gasteiger partial charge in [0.05, 0.1) is 0 Å². The van der Waals surface area contributed by atoms with Gasteiger partial charge in [-0.05, 0) is 40.5 Å². The molecule has 0 bridgehead atoms. The van der Waals surface area contributed by atoms with Crippen molar-refractivity contribution in [3.63, 3.8) is 0 Å². The van der Waals surface area contributed by atoms with Gasteiger partial charge >= 0.3 is 0 Å². The largest absolute Gasteiger partial charge is 0.318 e. The van der Waals surface area contributed by atoms with E-state index in [1.165, 1.54) is 38.9 Å². The van der Waals surface area contributed by atoms with Gasteiger partial charge in [-0.25, -0.2) is 0 Å². The smallest absolute Gasteiger partial charge is 0.0223 e. The number of nitrogens with zero attached hydrogens (tertiary/aromatic N) is 2. The molecule has 0 aromatic rings. The van der Waals surface area contributed by atoms with Gasteiger partial charge in [0.15, 0.2) is 0 Å². The van der Waals surface area contributed by atoms with E-state index in [0.717, 1.165) is 12.6 Å². The van der Waals surface area contributed by atoms with E-state index in [1.54, 1.807) is 0 Å². The first-order valence-electron chi connectivity index (χ1n) is 5.77. The van der Waals surface area contributed by atoms with Crippen molar-refractivity contribution in [2.24, 2.45) is 0 Å². The molecule has 1 aliphatic heterocycles. The van der Waals surface area contributed by atoms with Crippen LogP contribution in [-0.2, 0) is 0 Å². The Kier molecular flexibility index (Phi) is 5.45. The van der Waals surface area contributed by atoms with Crippen LogP contribution in [0.1, 0.15) is 19.3 Å². The predicted molar refractivity (Wildman–Crippen MR) is 61.7 cm³/mol. The van der Waals surface area contributed by atoms with Gasteiger partial charge < -0.3 is 10.2 Å². The summed E-state index contributed by atoms with van der Waals surface area (Å²) in [5.41, 5.74) is 0. The molecule has 84 valence electrons. The van der Waals surface area contributed by atoms with Gasteiger partial charge in [-0.15, -0.1) is 0 Å². The summed E-state index contributed by atoms with van der Waals surface area (Å²) in [6.07, 6.45) is 4.17. The van der Waals surface area contributed by atoms with Gasteiger partial charge in [-0.1, -0.05) is 6.42 Å². The van der Waals surface area contributed by atoms with Crippen molar-refractivity contribution in [1.29, 1.82) is 0 Å². The molecule has 1 unspecified atom stereocenters. The molecular formula is C11H25N3. The van der Waals surface area contributed by atoms with E-state index in [0.29, 0.717) is 0 Å². The molecule has 3 nitrogen and oxygen atoms in total. The van der Waals surface area contributed by atoms with E-state index >= 15 is 0 Å². The van der Waals surface area contributed by atoms with Crippen molar-refractivity contribution in [1.82, 2.24) is 15.1 Å². The lowest BCUT2D eigenvalue weighted by Gasteiger charge is -2.37. The molecule has 1 rings (SSSR count). The second kappa shape index (κ2) is 6.38. The molecule has 0 saturated carbocycles. The number of hydrogen-bond acceptors (Lipinski definition) is 3. The van der Waals surface area contributed by atoms with Crippen molar-refractivity contribution in [3.8, 4) is 0 Å². The van der Waals surface area contributed by atoms with Crippen LogP contribution in [0.5, 0.6) is 0 Å². The molecule has 0 aromatic carbocycles. The van der Waals surface area contributed by atoms with Crippen LogP contribution in [0.2, 0.25) is 0 Å². The summed E-state index contributed by atoms with van der Waals surface area (Å²) < 4.78 is 0. The first kappa shape index (κ1) is 12.0. The molecule has 1 N–H and O–H groups in total.